The molecular weight excluding hydrogens is 393 g/mol. The highest BCUT2D eigenvalue weighted by Gasteiger charge is 2.33. The van der Waals surface area contributed by atoms with Crippen LogP contribution in [0.2, 0.25) is 0 Å². The number of hydrogen-bond donors (Lipinski definition) is 2. The first kappa shape index (κ1) is 19.8. The Bertz CT molecular complexity index is 1080. The third kappa shape index (κ3) is 3.81. The van der Waals surface area contributed by atoms with Crippen LogP contribution in [0, 0.1) is 5.82 Å². The van der Waals surface area contributed by atoms with E-state index in [0.717, 1.165) is 0 Å². The SMILES string of the molecule is O=C(O)Cn1cc(C(C(=O)O)N2CCN(c3ncccn3)CC2)c2ccc(F)cc21. The number of anilines is 1. The van der Waals surface area contributed by atoms with Crippen molar-refractivity contribution < 1.29 is 24.2 Å². The first-order valence-corrected chi connectivity index (χ1v) is 9.43. The Hall–Kier alpha value is -3.53. The van der Waals surface area contributed by atoms with Crippen molar-refractivity contribution in [1.29, 1.82) is 0 Å². The Kier molecular flexibility index (Phi) is 5.32. The van der Waals surface area contributed by atoms with E-state index in [9.17, 15) is 24.2 Å². The molecule has 1 unspecified atom stereocenters. The van der Waals surface area contributed by atoms with Gasteiger partial charge in [0.05, 0.1) is 5.52 Å². The van der Waals surface area contributed by atoms with Crippen molar-refractivity contribution in [2.45, 2.75) is 12.6 Å². The standard InChI is InChI=1S/C20H20FN5O4/c21-13-2-3-14-15(11-26(12-17(27)28)16(14)10-13)18(19(29)30)24-6-8-25(9-7-24)20-22-4-1-5-23-20/h1-5,10-11,18H,6-9,12H2,(H,27,28)(H,29,30). The van der Waals surface area contributed by atoms with Crippen LogP contribution in [0.3, 0.4) is 0 Å². The molecule has 0 saturated carbocycles. The smallest absolute Gasteiger partial charge is 0.325 e. The summed E-state index contributed by atoms with van der Waals surface area (Å²) in [5.41, 5.74) is 0.804. The van der Waals surface area contributed by atoms with E-state index in [4.69, 9.17) is 0 Å². The van der Waals surface area contributed by atoms with Gasteiger partial charge in [-0.2, -0.15) is 0 Å². The van der Waals surface area contributed by atoms with Gasteiger partial charge in [-0.05, 0) is 24.3 Å². The normalized spacial score (nSPS) is 16.0. The van der Waals surface area contributed by atoms with Crippen LogP contribution >= 0.6 is 0 Å². The second-order valence-electron chi connectivity index (χ2n) is 7.08. The number of aliphatic carboxylic acids is 2. The third-order valence-electron chi connectivity index (χ3n) is 5.22. The van der Waals surface area contributed by atoms with Crippen molar-refractivity contribution in [3.8, 4) is 0 Å². The number of fused-ring (bicyclic) bond motifs is 1. The van der Waals surface area contributed by atoms with Crippen LogP contribution in [-0.2, 0) is 16.1 Å². The molecule has 0 amide bonds. The molecular formula is C20H20FN5O4. The average Bonchev–Trinajstić information content (AvgIpc) is 3.05. The number of nitrogens with zero attached hydrogens (tertiary/aromatic N) is 5. The van der Waals surface area contributed by atoms with Crippen molar-refractivity contribution in [1.82, 2.24) is 19.4 Å². The zero-order valence-corrected chi connectivity index (χ0v) is 16.0. The van der Waals surface area contributed by atoms with E-state index in [1.54, 1.807) is 18.5 Å². The molecule has 1 atom stereocenters. The van der Waals surface area contributed by atoms with Crippen LogP contribution in [0.1, 0.15) is 11.6 Å². The van der Waals surface area contributed by atoms with Gasteiger partial charge in [-0.3, -0.25) is 14.5 Å². The first-order chi connectivity index (χ1) is 14.4. The fourth-order valence-corrected chi connectivity index (χ4v) is 3.91. The van der Waals surface area contributed by atoms with Crippen molar-refractivity contribution in [2.24, 2.45) is 0 Å². The second-order valence-corrected chi connectivity index (χ2v) is 7.08. The minimum atomic E-state index is -1.09. The maximum atomic E-state index is 13.8. The summed E-state index contributed by atoms with van der Waals surface area (Å²) in [6.07, 6.45) is 4.82. The number of hydrogen-bond acceptors (Lipinski definition) is 6. The molecule has 156 valence electrons. The summed E-state index contributed by atoms with van der Waals surface area (Å²) >= 11 is 0. The molecule has 10 heteroatoms. The maximum absolute atomic E-state index is 13.8. The summed E-state index contributed by atoms with van der Waals surface area (Å²) in [7, 11) is 0. The molecule has 2 N–H and O–H groups in total. The molecule has 9 nitrogen and oxygen atoms in total. The molecule has 4 rings (SSSR count). The Morgan fingerprint density at radius 3 is 2.43 bits per heavy atom. The molecule has 1 aromatic carbocycles. The summed E-state index contributed by atoms with van der Waals surface area (Å²) in [4.78, 5) is 35.7. The number of aromatic nitrogens is 3. The van der Waals surface area contributed by atoms with E-state index in [2.05, 4.69) is 9.97 Å². The molecule has 3 heterocycles. The monoisotopic (exact) mass is 413 g/mol. The van der Waals surface area contributed by atoms with E-state index in [-0.39, 0.29) is 6.54 Å². The van der Waals surface area contributed by atoms with Gasteiger partial charge < -0.3 is 19.7 Å². The van der Waals surface area contributed by atoms with Crippen molar-refractivity contribution in [2.75, 3.05) is 31.1 Å². The Balaban J connectivity index is 1.65. The van der Waals surface area contributed by atoms with E-state index in [1.165, 1.54) is 29.0 Å². The number of carbonyl (C=O) groups is 2. The molecule has 1 fully saturated rings. The van der Waals surface area contributed by atoms with E-state index in [0.29, 0.717) is 48.6 Å². The summed E-state index contributed by atoms with van der Waals surface area (Å²) in [6, 6.07) is 4.73. The van der Waals surface area contributed by atoms with Crippen LogP contribution < -0.4 is 4.90 Å². The number of carboxylic acid groups (broad SMARTS) is 2. The Morgan fingerprint density at radius 2 is 1.80 bits per heavy atom. The minimum Gasteiger partial charge on any atom is -0.480 e. The van der Waals surface area contributed by atoms with Gasteiger partial charge in [0.2, 0.25) is 5.95 Å². The van der Waals surface area contributed by atoms with E-state index in [1.807, 2.05) is 9.80 Å². The fourth-order valence-electron chi connectivity index (χ4n) is 3.91. The Labute approximate surface area is 171 Å². The van der Waals surface area contributed by atoms with E-state index >= 15 is 0 Å². The molecule has 1 aliphatic heterocycles. The Morgan fingerprint density at radius 1 is 1.10 bits per heavy atom. The van der Waals surface area contributed by atoms with Crippen LogP contribution in [0.25, 0.3) is 10.9 Å². The molecule has 30 heavy (non-hydrogen) atoms. The van der Waals surface area contributed by atoms with Gasteiger partial charge in [0.15, 0.2) is 0 Å². The van der Waals surface area contributed by atoms with Gasteiger partial charge in [-0.1, -0.05) is 0 Å². The highest BCUT2D eigenvalue weighted by Crippen LogP contribution is 2.32. The molecule has 1 saturated heterocycles. The molecule has 0 radical (unpaired) electrons. The lowest BCUT2D eigenvalue weighted by molar-refractivity contribution is -0.143. The van der Waals surface area contributed by atoms with Crippen molar-refractivity contribution in [3.05, 3.63) is 54.2 Å². The predicted molar refractivity (Wildman–Crippen MR) is 106 cm³/mol. The topological polar surface area (TPSA) is 112 Å². The zero-order valence-electron chi connectivity index (χ0n) is 16.0. The largest absolute Gasteiger partial charge is 0.480 e. The molecule has 1 aliphatic rings. The quantitative estimate of drug-likeness (QED) is 0.627. The maximum Gasteiger partial charge on any atom is 0.325 e. The lowest BCUT2D eigenvalue weighted by Gasteiger charge is -2.37. The fraction of sp³-hybridized carbons (Fsp3) is 0.300. The third-order valence-corrected chi connectivity index (χ3v) is 5.22. The molecule has 0 spiro atoms. The number of halogens is 1. The van der Waals surface area contributed by atoms with Gasteiger partial charge in [0.1, 0.15) is 18.4 Å². The van der Waals surface area contributed by atoms with Crippen LogP contribution in [0.5, 0.6) is 0 Å². The van der Waals surface area contributed by atoms with Crippen LogP contribution in [0.4, 0.5) is 10.3 Å². The summed E-state index contributed by atoms with van der Waals surface area (Å²) in [6.45, 7) is 1.64. The van der Waals surface area contributed by atoms with Crippen LogP contribution in [0.15, 0.2) is 42.9 Å². The summed E-state index contributed by atoms with van der Waals surface area (Å²) in [5.74, 6) is -2.05. The second kappa shape index (κ2) is 8.07. The number of rotatable bonds is 6. The van der Waals surface area contributed by atoms with Gasteiger partial charge in [0, 0.05) is 55.7 Å². The molecule has 0 bridgehead atoms. The van der Waals surface area contributed by atoms with Gasteiger partial charge in [0.25, 0.3) is 0 Å². The molecule has 2 aromatic heterocycles. The summed E-state index contributed by atoms with van der Waals surface area (Å²) in [5, 5.41) is 19.7. The predicted octanol–water partition coefficient (Wildman–Crippen LogP) is 1.60. The molecule has 0 aliphatic carbocycles. The minimum absolute atomic E-state index is 0.356. The van der Waals surface area contributed by atoms with Crippen LogP contribution in [-0.4, -0.2) is 67.8 Å². The summed E-state index contributed by atoms with van der Waals surface area (Å²) < 4.78 is 15.2. The van der Waals surface area contributed by atoms with E-state index < -0.39 is 23.8 Å². The van der Waals surface area contributed by atoms with Crippen molar-refractivity contribution in [3.63, 3.8) is 0 Å². The average molecular weight is 413 g/mol. The van der Waals surface area contributed by atoms with Gasteiger partial charge >= 0.3 is 11.9 Å². The first-order valence-electron chi connectivity index (χ1n) is 9.43. The number of carboxylic acids is 2. The highest BCUT2D eigenvalue weighted by atomic mass is 19.1. The van der Waals surface area contributed by atoms with Gasteiger partial charge in [-0.25, -0.2) is 14.4 Å². The van der Waals surface area contributed by atoms with Crippen molar-refractivity contribution >= 4 is 28.8 Å². The zero-order chi connectivity index (χ0) is 21.3. The lowest BCUT2D eigenvalue weighted by atomic mass is 10.0. The lowest BCUT2D eigenvalue weighted by Crippen LogP contribution is -2.49. The van der Waals surface area contributed by atoms with Gasteiger partial charge in [-0.15, -0.1) is 0 Å². The highest BCUT2D eigenvalue weighted by molar-refractivity contribution is 5.90. The number of piperazine rings is 1. The number of benzene rings is 1. The molecule has 3 aromatic rings.